The molecule has 1 amide bonds. The van der Waals surface area contributed by atoms with Gasteiger partial charge in [0.05, 0.1) is 6.10 Å². The number of nitrogens with one attached hydrogen (secondary N) is 1. The summed E-state index contributed by atoms with van der Waals surface area (Å²) in [6.07, 6.45) is 3.02. The molecule has 82 valence electrons. The Morgan fingerprint density at radius 1 is 1.64 bits per heavy atom. The molecule has 0 saturated carbocycles. The summed E-state index contributed by atoms with van der Waals surface area (Å²) in [5.74, 6) is 0.361. The van der Waals surface area contributed by atoms with Gasteiger partial charge in [-0.15, -0.1) is 0 Å². The van der Waals surface area contributed by atoms with E-state index in [0.29, 0.717) is 25.0 Å². The van der Waals surface area contributed by atoms with Crippen molar-refractivity contribution < 1.29 is 9.53 Å². The van der Waals surface area contributed by atoms with E-state index in [1.54, 1.807) is 0 Å². The lowest BCUT2D eigenvalue weighted by Crippen LogP contribution is -2.30. The quantitative estimate of drug-likeness (QED) is 0.605. The Morgan fingerprint density at radius 2 is 2.43 bits per heavy atom. The van der Waals surface area contributed by atoms with Gasteiger partial charge in [0.1, 0.15) is 0 Å². The smallest absolute Gasteiger partial charge is 0.218 e. The van der Waals surface area contributed by atoms with E-state index in [0.717, 1.165) is 26.0 Å². The molecule has 0 aromatic heterocycles. The van der Waals surface area contributed by atoms with E-state index in [1.807, 2.05) is 0 Å². The normalized spacial score (nSPS) is 26.6. The molecule has 3 N–H and O–H groups in total. The number of ether oxygens (including phenoxy) is 1. The summed E-state index contributed by atoms with van der Waals surface area (Å²) in [6.45, 7) is 4.64. The van der Waals surface area contributed by atoms with E-state index in [-0.39, 0.29) is 5.91 Å². The topological polar surface area (TPSA) is 64.3 Å². The summed E-state index contributed by atoms with van der Waals surface area (Å²) in [5.41, 5.74) is 5.04. The van der Waals surface area contributed by atoms with Gasteiger partial charge in [0.2, 0.25) is 5.91 Å². The van der Waals surface area contributed by atoms with Crippen molar-refractivity contribution in [3.63, 3.8) is 0 Å². The van der Waals surface area contributed by atoms with Crippen LogP contribution in [0.5, 0.6) is 0 Å². The van der Waals surface area contributed by atoms with E-state index in [9.17, 15) is 4.79 Å². The van der Waals surface area contributed by atoms with Crippen LogP contribution in [0.25, 0.3) is 0 Å². The number of rotatable bonds is 6. The molecule has 2 atom stereocenters. The first-order valence-electron chi connectivity index (χ1n) is 5.34. The summed E-state index contributed by atoms with van der Waals surface area (Å²) >= 11 is 0. The number of carbonyl (C=O) groups excluding carboxylic acids is 1. The summed E-state index contributed by atoms with van der Waals surface area (Å²) in [6, 6.07) is 0. The number of hydrogen-bond acceptors (Lipinski definition) is 3. The second-order valence-electron chi connectivity index (χ2n) is 3.79. The van der Waals surface area contributed by atoms with Crippen LogP contribution < -0.4 is 11.1 Å². The first-order chi connectivity index (χ1) is 6.74. The Hall–Kier alpha value is -0.610. The highest BCUT2D eigenvalue weighted by Gasteiger charge is 2.25. The van der Waals surface area contributed by atoms with Crippen LogP contribution in [-0.2, 0) is 9.53 Å². The maximum atomic E-state index is 10.5. The van der Waals surface area contributed by atoms with Crippen molar-refractivity contribution in [3.05, 3.63) is 0 Å². The van der Waals surface area contributed by atoms with Crippen molar-refractivity contribution >= 4 is 5.91 Å². The fraction of sp³-hybridized carbons (Fsp3) is 0.900. The maximum Gasteiger partial charge on any atom is 0.218 e. The van der Waals surface area contributed by atoms with E-state index >= 15 is 0 Å². The summed E-state index contributed by atoms with van der Waals surface area (Å²) in [5, 5.41) is 3.24. The molecule has 1 aliphatic heterocycles. The van der Waals surface area contributed by atoms with Gasteiger partial charge in [-0.3, -0.25) is 4.79 Å². The summed E-state index contributed by atoms with van der Waals surface area (Å²) in [4.78, 5) is 10.5. The Bertz CT molecular complexity index is 185. The largest absolute Gasteiger partial charge is 0.378 e. The Balaban J connectivity index is 2.08. The van der Waals surface area contributed by atoms with Gasteiger partial charge in [0.15, 0.2) is 0 Å². The Labute approximate surface area is 85.2 Å². The molecule has 0 aromatic rings. The molecule has 4 nitrogen and oxygen atoms in total. The van der Waals surface area contributed by atoms with E-state index < -0.39 is 0 Å². The predicted octanol–water partition coefficient (Wildman–Crippen LogP) is 0.267. The van der Waals surface area contributed by atoms with Crippen LogP contribution in [-0.4, -0.2) is 31.7 Å². The third kappa shape index (κ3) is 3.64. The number of nitrogens with two attached hydrogens (primary N) is 1. The lowest BCUT2D eigenvalue weighted by Gasteiger charge is -2.16. The molecule has 1 saturated heterocycles. The molecule has 1 heterocycles. The van der Waals surface area contributed by atoms with Crippen molar-refractivity contribution in [2.24, 2.45) is 11.7 Å². The van der Waals surface area contributed by atoms with Crippen LogP contribution in [0.4, 0.5) is 0 Å². The highest BCUT2D eigenvalue weighted by molar-refractivity contribution is 5.73. The number of amides is 1. The van der Waals surface area contributed by atoms with Gasteiger partial charge in [-0.05, 0) is 18.8 Å². The van der Waals surface area contributed by atoms with Gasteiger partial charge >= 0.3 is 0 Å². The van der Waals surface area contributed by atoms with E-state index in [1.165, 1.54) is 0 Å². The first-order valence-corrected chi connectivity index (χ1v) is 5.34. The van der Waals surface area contributed by atoms with Crippen LogP contribution in [0.15, 0.2) is 0 Å². The molecular formula is C10H20N2O2. The number of primary amides is 1. The molecule has 0 aromatic carbocycles. The molecule has 0 radical (unpaired) electrons. The standard InChI is InChI=1S/C10H20N2O2/c1-2-9-8(4-6-14-9)7-12-5-3-10(11)13/h8-9,12H,2-7H2,1H3,(H2,11,13). The van der Waals surface area contributed by atoms with Crippen LogP contribution in [0.3, 0.4) is 0 Å². The van der Waals surface area contributed by atoms with Crippen LogP contribution in [0.1, 0.15) is 26.2 Å². The molecule has 1 aliphatic rings. The SMILES string of the molecule is CCC1OCCC1CNCCC(N)=O. The van der Waals surface area contributed by atoms with Crippen molar-refractivity contribution in [2.75, 3.05) is 19.7 Å². The lowest BCUT2D eigenvalue weighted by atomic mass is 10.00. The molecule has 0 spiro atoms. The fourth-order valence-corrected chi connectivity index (χ4v) is 1.88. The number of hydrogen-bond donors (Lipinski definition) is 2. The summed E-state index contributed by atoms with van der Waals surface area (Å²) in [7, 11) is 0. The number of carbonyl (C=O) groups is 1. The van der Waals surface area contributed by atoms with Gasteiger partial charge in [-0.25, -0.2) is 0 Å². The fourth-order valence-electron chi connectivity index (χ4n) is 1.88. The third-order valence-electron chi connectivity index (χ3n) is 2.70. The van der Waals surface area contributed by atoms with Crippen LogP contribution in [0, 0.1) is 5.92 Å². The molecule has 0 aliphatic carbocycles. The average Bonchev–Trinajstić information content (AvgIpc) is 2.59. The van der Waals surface area contributed by atoms with Gasteiger partial charge in [0, 0.05) is 26.1 Å². The molecule has 0 bridgehead atoms. The minimum atomic E-state index is -0.243. The second-order valence-corrected chi connectivity index (χ2v) is 3.79. The minimum absolute atomic E-state index is 0.243. The van der Waals surface area contributed by atoms with Crippen molar-refractivity contribution in [2.45, 2.75) is 32.3 Å². The molecular weight excluding hydrogens is 180 g/mol. The van der Waals surface area contributed by atoms with Gasteiger partial charge in [-0.1, -0.05) is 6.92 Å². The predicted molar refractivity (Wildman–Crippen MR) is 54.8 cm³/mol. The zero-order chi connectivity index (χ0) is 10.4. The lowest BCUT2D eigenvalue weighted by molar-refractivity contribution is -0.117. The molecule has 4 heteroatoms. The third-order valence-corrected chi connectivity index (χ3v) is 2.70. The van der Waals surface area contributed by atoms with Crippen molar-refractivity contribution in [1.29, 1.82) is 0 Å². The van der Waals surface area contributed by atoms with Crippen LogP contribution >= 0.6 is 0 Å². The van der Waals surface area contributed by atoms with Gasteiger partial charge < -0.3 is 15.8 Å². The van der Waals surface area contributed by atoms with Gasteiger partial charge in [0.25, 0.3) is 0 Å². The molecule has 2 unspecified atom stereocenters. The Kier molecular flexibility index (Phi) is 4.90. The molecule has 14 heavy (non-hydrogen) atoms. The van der Waals surface area contributed by atoms with Crippen molar-refractivity contribution in [3.8, 4) is 0 Å². The monoisotopic (exact) mass is 200 g/mol. The summed E-state index contributed by atoms with van der Waals surface area (Å²) < 4.78 is 5.56. The highest BCUT2D eigenvalue weighted by Crippen LogP contribution is 2.22. The highest BCUT2D eigenvalue weighted by atomic mass is 16.5. The zero-order valence-corrected chi connectivity index (χ0v) is 8.79. The average molecular weight is 200 g/mol. The minimum Gasteiger partial charge on any atom is -0.378 e. The zero-order valence-electron chi connectivity index (χ0n) is 8.79. The maximum absolute atomic E-state index is 10.5. The molecule has 1 fully saturated rings. The Morgan fingerprint density at radius 3 is 3.07 bits per heavy atom. The van der Waals surface area contributed by atoms with Crippen LogP contribution in [0.2, 0.25) is 0 Å². The first kappa shape index (κ1) is 11.5. The van der Waals surface area contributed by atoms with Crippen molar-refractivity contribution in [1.82, 2.24) is 5.32 Å². The van der Waals surface area contributed by atoms with Gasteiger partial charge in [-0.2, -0.15) is 0 Å². The molecule has 1 rings (SSSR count). The van der Waals surface area contributed by atoms with E-state index in [2.05, 4.69) is 12.2 Å². The second kappa shape index (κ2) is 5.98. The van der Waals surface area contributed by atoms with E-state index in [4.69, 9.17) is 10.5 Å².